The van der Waals surface area contributed by atoms with Crippen LogP contribution >= 0.6 is 0 Å². The zero-order valence-electron chi connectivity index (χ0n) is 25.9. The second kappa shape index (κ2) is 18.5. The SMILES string of the molecule is CCCCCCOc1cc(C)cc(OCCCCCC)c1[N+]#N.COc1cc(O)c(C(=O)c2ccccc2)cc1S(=O)(=O)[O-]. The summed E-state index contributed by atoms with van der Waals surface area (Å²) >= 11 is 0. The van der Waals surface area contributed by atoms with E-state index in [0.29, 0.717) is 30.4 Å². The highest BCUT2D eigenvalue weighted by molar-refractivity contribution is 7.85. The lowest BCUT2D eigenvalue weighted by Gasteiger charge is -2.14. The Morgan fingerprint density at radius 2 is 1.41 bits per heavy atom. The summed E-state index contributed by atoms with van der Waals surface area (Å²) in [5, 5.41) is 19.2. The van der Waals surface area contributed by atoms with E-state index in [1.165, 1.54) is 37.8 Å². The molecule has 0 aromatic heterocycles. The van der Waals surface area contributed by atoms with Crippen LogP contribution in [0.3, 0.4) is 0 Å². The Morgan fingerprint density at radius 1 is 0.864 bits per heavy atom. The van der Waals surface area contributed by atoms with Crippen LogP contribution in [0.5, 0.6) is 23.0 Å². The number of ketones is 1. The fraction of sp³-hybridized carbons (Fsp3) is 0.424. The molecule has 10 nitrogen and oxygen atoms in total. The first-order chi connectivity index (χ1) is 21.1. The number of aromatic hydroxyl groups is 1. The molecule has 3 aromatic rings. The van der Waals surface area contributed by atoms with Gasteiger partial charge in [0.15, 0.2) is 10.8 Å². The molecular formula is C33H42N2O8S. The van der Waals surface area contributed by atoms with Crippen molar-refractivity contribution in [1.29, 1.82) is 5.39 Å². The number of phenolic OH excluding ortho intramolecular Hbond substituents is 1. The Hall–Kier alpha value is -4.14. The molecule has 3 aromatic carbocycles. The smallest absolute Gasteiger partial charge is 0.467 e. The minimum absolute atomic E-state index is 0.257. The minimum Gasteiger partial charge on any atom is -0.744 e. The van der Waals surface area contributed by atoms with Crippen LogP contribution in [0.4, 0.5) is 5.69 Å². The lowest BCUT2D eigenvalue weighted by Crippen LogP contribution is -2.07. The van der Waals surface area contributed by atoms with Gasteiger partial charge in [-0.15, -0.1) is 0 Å². The van der Waals surface area contributed by atoms with Crippen LogP contribution in [0.25, 0.3) is 4.98 Å². The molecule has 11 heteroatoms. The predicted molar refractivity (Wildman–Crippen MR) is 168 cm³/mol. The Bertz CT molecular complexity index is 1470. The third-order valence-electron chi connectivity index (χ3n) is 6.63. The summed E-state index contributed by atoms with van der Waals surface area (Å²) < 4.78 is 50.0. The number of phenols is 1. The van der Waals surface area contributed by atoms with E-state index in [4.69, 9.17) is 14.2 Å². The largest absolute Gasteiger partial charge is 0.744 e. The first-order valence-electron chi connectivity index (χ1n) is 14.8. The molecule has 0 aliphatic carbocycles. The number of diazo groups is 1. The molecular weight excluding hydrogens is 584 g/mol. The van der Waals surface area contributed by atoms with Gasteiger partial charge in [0.25, 0.3) is 0 Å². The van der Waals surface area contributed by atoms with Crippen molar-refractivity contribution < 1.29 is 37.1 Å². The molecule has 0 atom stereocenters. The van der Waals surface area contributed by atoms with E-state index in [-0.39, 0.29) is 16.9 Å². The Labute approximate surface area is 260 Å². The van der Waals surface area contributed by atoms with Gasteiger partial charge >= 0.3 is 5.69 Å². The number of rotatable bonds is 16. The summed E-state index contributed by atoms with van der Waals surface area (Å²) in [5.74, 6) is -0.166. The molecule has 0 amide bonds. The van der Waals surface area contributed by atoms with Crippen molar-refractivity contribution in [2.24, 2.45) is 0 Å². The van der Waals surface area contributed by atoms with Gasteiger partial charge in [-0.1, -0.05) is 82.7 Å². The van der Waals surface area contributed by atoms with E-state index in [1.807, 2.05) is 19.1 Å². The van der Waals surface area contributed by atoms with Crippen molar-refractivity contribution in [3.8, 4) is 23.0 Å². The van der Waals surface area contributed by atoms with Crippen LogP contribution in [0.1, 0.15) is 86.7 Å². The lowest BCUT2D eigenvalue weighted by molar-refractivity contribution is 0.103. The number of hydrogen-bond donors (Lipinski definition) is 1. The van der Waals surface area contributed by atoms with Crippen LogP contribution in [-0.4, -0.2) is 44.2 Å². The maximum atomic E-state index is 12.2. The van der Waals surface area contributed by atoms with Gasteiger partial charge in [-0.3, -0.25) is 4.79 Å². The highest BCUT2D eigenvalue weighted by Gasteiger charge is 2.24. The minimum atomic E-state index is -4.84. The Kier molecular flexibility index (Phi) is 15.2. The van der Waals surface area contributed by atoms with E-state index in [9.17, 15) is 28.3 Å². The summed E-state index contributed by atoms with van der Waals surface area (Å²) in [6.45, 7) is 7.65. The van der Waals surface area contributed by atoms with Crippen LogP contribution in [0.15, 0.2) is 59.5 Å². The molecule has 0 saturated heterocycles. The van der Waals surface area contributed by atoms with E-state index in [1.54, 1.807) is 18.2 Å². The number of carbonyl (C=O) groups is 1. The van der Waals surface area contributed by atoms with Crippen molar-refractivity contribution in [2.45, 2.75) is 77.0 Å². The molecule has 44 heavy (non-hydrogen) atoms. The number of ether oxygens (including phenoxy) is 3. The van der Waals surface area contributed by atoms with E-state index >= 15 is 0 Å². The fourth-order valence-corrected chi connectivity index (χ4v) is 4.94. The van der Waals surface area contributed by atoms with Crippen LogP contribution < -0.4 is 14.2 Å². The number of hydrogen-bond acceptors (Lipinski definition) is 9. The van der Waals surface area contributed by atoms with Gasteiger partial charge in [0.05, 0.1) is 30.8 Å². The van der Waals surface area contributed by atoms with Gasteiger partial charge in [-0.05, 0) is 43.5 Å². The molecule has 238 valence electrons. The second-order valence-electron chi connectivity index (χ2n) is 10.2. The van der Waals surface area contributed by atoms with Gasteiger partial charge in [0, 0.05) is 11.6 Å². The van der Waals surface area contributed by atoms with Crippen molar-refractivity contribution >= 4 is 21.6 Å². The summed E-state index contributed by atoms with van der Waals surface area (Å²) in [5.41, 5.74) is 1.43. The maximum Gasteiger partial charge on any atom is 0.467 e. The summed E-state index contributed by atoms with van der Waals surface area (Å²) in [7, 11) is -3.68. The topological polar surface area (TPSA) is 150 Å². The Balaban J connectivity index is 0.000000308. The monoisotopic (exact) mass is 626 g/mol. The van der Waals surface area contributed by atoms with Crippen molar-refractivity contribution in [3.63, 3.8) is 0 Å². The summed E-state index contributed by atoms with van der Waals surface area (Å²) in [6.07, 6.45) is 9.21. The van der Waals surface area contributed by atoms with E-state index < -0.39 is 26.5 Å². The highest BCUT2D eigenvalue weighted by atomic mass is 32.2. The normalized spacial score (nSPS) is 10.7. The second-order valence-corrected chi connectivity index (χ2v) is 11.5. The predicted octanol–water partition coefficient (Wildman–Crippen LogP) is 7.93. The third-order valence-corrected chi connectivity index (χ3v) is 7.48. The van der Waals surface area contributed by atoms with Gasteiger partial charge in [-0.2, -0.15) is 0 Å². The van der Waals surface area contributed by atoms with Crippen molar-refractivity contribution in [3.05, 3.63) is 76.3 Å². The number of methoxy groups -OCH3 is 1. The molecule has 1 N–H and O–H groups in total. The quantitative estimate of drug-likeness (QED) is 0.0723. The molecule has 0 aliphatic heterocycles. The number of unbranched alkanes of at least 4 members (excludes halogenated alkanes) is 6. The van der Waals surface area contributed by atoms with E-state index in [2.05, 4.69) is 18.8 Å². The average molecular weight is 627 g/mol. The van der Waals surface area contributed by atoms with Crippen LogP contribution in [0, 0.1) is 12.3 Å². The van der Waals surface area contributed by atoms with Gasteiger partial charge in [0.2, 0.25) is 16.9 Å². The molecule has 0 bridgehead atoms. The van der Waals surface area contributed by atoms with E-state index in [0.717, 1.165) is 50.5 Å². The third kappa shape index (κ3) is 11.2. The van der Waals surface area contributed by atoms with Crippen LogP contribution in [-0.2, 0) is 10.1 Å². The molecule has 0 radical (unpaired) electrons. The zero-order chi connectivity index (χ0) is 32.5. The summed E-state index contributed by atoms with van der Waals surface area (Å²) in [6, 6.07) is 13.5. The zero-order valence-corrected chi connectivity index (χ0v) is 26.7. The number of nitrogens with zero attached hydrogens (tertiary/aromatic N) is 2. The van der Waals surface area contributed by atoms with Crippen molar-refractivity contribution in [1.82, 2.24) is 0 Å². The first kappa shape index (κ1) is 36.1. The summed E-state index contributed by atoms with van der Waals surface area (Å²) in [4.78, 5) is 14.9. The van der Waals surface area contributed by atoms with Crippen molar-refractivity contribution in [2.75, 3.05) is 20.3 Å². The van der Waals surface area contributed by atoms with Gasteiger partial charge in [-0.25, -0.2) is 8.42 Å². The molecule has 0 fully saturated rings. The molecule has 0 unspecified atom stereocenters. The van der Waals surface area contributed by atoms with Crippen LogP contribution in [0.2, 0.25) is 0 Å². The standard InChI is InChI=1S/C19H31N2O2.C14H12O6S/c1-4-6-8-10-12-22-17-14-16(3)15-18(19(17)21-20)23-13-11-9-7-5-2;1-20-12-8-11(15)10(7-13(12)21(17,18)19)14(16)9-5-3-2-4-6-9/h14-15H,4-13H2,1-3H3;2-8,15H,1H3,(H,17,18,19)/q+1;/p-1. The molecule has 0 aliphatic rings. The molecule has 0 saturated carbocycles. The van der Waals surface area contributed by atoms with Gasteiger partial charge in [0.1, 0.15) is 21.6 Å². The fourth-order valence-electron chi connectivity index (χ4n) is 4.28. The number of benzene rings is 3. The number of carbonyl (C=O) groups excluding carboxylic acids is 1. The average Bonchev–Trinajstić information content (AvgIpc) is 3.00. The van der Waals surface area contributed by atoms with Gasteiger partial charge < -0.3 is 23.9 Å². The molecule has 0 heterocycles. The highest BCUT2D eigenvalue weighted by Crippen LogP contribution is 2.39. The lowest BCUT2D eigenvalue weighted by atomic mass is 10.0. The number of aryl methyl sites for hydroxylation is 1. The maximum absolute atomic E-state index is 12.2. The molecule has 0 spiro atoms. The first-order valence-corrected chi connectivity index (χ1v) is 16.2. The Morgan fingerprint density at radius 3 is 1.86 bits per heavy atom. The molecule has 3 rings (SSSR count).